The van der Waals surface area contributed by atoms with E-state index in [1.165, 1.54) is 6.07 Å². The topological polar surface area (TPSA) is 29.1 Å². The Kier molecular flexibility index (Phi) is 5.05. The van der Waals surface area contributed by atoms with Crippen molar-refractivity contribution in [3.05, 3.63) is 41.4 Å². The van der Waals surface area contributed by atoms with E-state index in [2.05, 4.69) is 26.1 Å². The predicted molar refractivity (Wildman–Crippen MR) is 89.3 cm³/mol. The van der Waals surface area contributed by atoms with Gasteiger partial charge in [0.15, 0.2) is 5.78 Å². The molecule has 0 heterocycles. The van der Waals surface area contributed by atoms with Gasteiger partial charge in [0.1, 0.15) is 5.82 Å². The van der Waals surface area contributed by atoms with Gasteiger partial charge in [-0.1, -0.05) is 27.2 Å². The van der Waals surface area contributed by atoms with Crippen molar-refractivity contribution in [1.29, 1.82) is 0 Å². The smallest absolute Gasteiger partial charge is 0.160 e. The number of hydrogen-bond donors (Lipinski definition) is 1. The first-order valence-electron chi connectivity index (χ1n) is 8.08. The fourth-order valence-electron chi connectivity index (χ4n) is 2.95. The van der Waals surface area contributed by atoms with Crippen molar-refractivity contribution in [2.24, 2.45) is 11.3 Å². The first-order chi connectivity index (χ1) is 10.3. The first-order valence-corrected chi connectivity index (χ1v) is 8.08. The van der Waals surface area contributed by atoms with E-state index in [0.717, 1.165) is 30.5 Å². The molecular weight excluding hydrogens is 277 g/mol. The van der Waals surface area contributed by atoms with Gasteiger partial charge in [-0.05, 0) is 54.9 Å². The van der Waals surface area contributed by atoms with Crippen molar-refractivity contribution >= 4 is 11.5 Å². The highest BCUT2D eigenvalue weighted by Crippen LogP contribution is 2.41. The van der Waals surface area contributed by atoms with Crippen molar-refractivity contribution in [3.63, 3.8) is 0 Å². The maximum atomic E-state index is 13.3. The Balaban J connectivity index is 2.11. The second-order valence-corrected chi connectivity index (χ2v) is 6.98. The number of nitrogens with one attached hydrogen (secondary N) is 1. The molecule has 22 heavy (non-hydrogen) atoms. The second-order valence-electron chi connectivity index (χ2n) is 6.98. The van der Waals surface area contributed by atoms with Gasteiger partial charge in [-0.3, -0.25) is 4.79 Å². The zero-order valence-electron chi connectivity index (χ0n) is 14.0. The molecule has 0 amide bonds. The van der Waals surface area contributed by atoms with Crippen molar-refractivity contribution < 1.29 is 9.18 Å². The van der Waals surface area contributed by atoms with Gasteiger partial charge in [-0.15, -0.1) is 0 Å². The number of ketones is 1. The van der Waals surface area contributed by atoms with E-state index < -0.39 is 0 Å². The first kappa shape index (κ1) is 16.7. The summed E-state index contributed by atoms with van der Waals surface area (Å²) in [4.78, 5) is 12.1. The molecule has 120 valence electrons. The molecule has 1 saturated carbocycles. The highest BCUT2D eigenvalue weighted by Gasteiger charge is 2.33. The molecule has 1 N–H and O–H groups in total. The Bertz CT molecular complexity index is 589. The molecule has 1 aliphatic rings. The third kappa shape index (κ3) is 3.76. The van der Waals surface area contributed by atoms with Gasteiger partial charge >= 0.3 is 0 Å². The molecule has 1 fully saturated rings. The van der Waals surface area contributed by atoms with Crippen LogP contribution in [0.15, 0.2) is 30.0 Å². The minimum Gasteiger partial charge on any atom is -0.361 e. The molecule has 0 unspecified atom stereocenters. The molecule has 0 aromatic heterocycles. The fourth-order valence-corrected chi connectivity index (χ4v) is 2.95. The lowest BCUT2D eigenvalue weighted by Gasteiger charge is -2.36. The van der Waals surface area contributed by atoms with E-state index in [0.29, 0.717) is 17.9 Å². The highest BCUT2D eigenvalue weighted by molar-refractivity contribution is 5.96. The minimum atomic E-state index is -0.211. The normalized spacial score (nSPS) is 21.2. The molecule has 1 aromatic carbocycles. The van der Waals surface area contributed by atoms with Crippen LogP contribution in [0.4, 0.5) is 10.1 Å². The van der Waals surface area contributed by atoms with Crippen LogP contribution < -0.4 is 5.32 Å². The number of hydrogen-bond acceptors (Lipinski definition) is 2. The van der Waals surface area contributed by atoms with Crippen LogP contribution in [0.2, 0.25) is 0 Å². The summed E-state index contributed by atoms with van der Waals surface area (Å²) < 4.78 is 13.3. The minimum absolute atomic E-state index is 0.211. The van der Waals surface area contributed by atoms with Crippen molar-refractivity contribution in [1.82, 2.24) is 0 Å². The van der Waals surface area contributed by atoms with Gasteiger partial charge in [-0.2, -0.15) is 0 Å². The second kappa shape index (κ2) is 6.64. The third-order valence-corrected chi connectivity index (χ3v) is 5.13. The van der Waals surface area contributed by atoms with Crippen LogP contribution in [-0.2, 0) is 4.79 Å². The van der Waals surface area contributed by atoms with Gasteiger partial charge in [0, 0.05) is 23.9 Å². The molecule has 0 spiro atoms. The van der Waals surface area contributed by atoms with Crippen molar-refractivity contribution in [2.75, 3.05) is 5.32 Å². The molecular formula is C19H26FNO. The van der Waals surface area contributed by atoms with E-state index in [-0.39, 0.29) is 17.0 Å². The number of carbonyl (C=O) groups is 1. The lowest BCUT2D eigenvalue weighted by molar-refractivity contribution is -0.117. The lowest BCUT2D eigenvalue weighted by Crippen LogP contribution is -2.29. The summed E-state index contributed by atoms with van der Waals surface area (Å²) in [6.07, 6.45) is 5.36. The van der Waals surface area contributed by atoms with E-state index in [4.69, 9.17) is 0 Å². The standard InChI is InChI=1S/C19H26FNO/c1-5-19(3,4)15-6-9-18(22)14(11-15)12-21-16-7-8-17(20)13(2)10-16/h7-8,10,12,15,21H,5-6,9,11H2,1-4H3/b14-12+/t15-/m0/s1. The molecule has 0 bridgehead atoms. The van der Waals surface area contributed by atoms with Crippen LogP contribution in [0.3, 0.4) is 0 Å². The summed E-state index contributed by atoms with van der Waals surface area (Å²) in [7, 11) is 0. The summed E-state index contributed by atoms with van der Waals surface area (Å²) in [6.45, 7) is 8.50. The number of rotatable bonds is 4. The number of benzene rings is 1. The Morgan fingerprint density at radius 1 is 1.41 bits per heavy atom. The van der Waals surface area contributed by atoms with Gasteiger partial charge in [0.2, 0.25) is 0 Å². The van der Waals surface area contributed by atoms with Crippen LogP contribution in [0, 0.1) is 24.1 Å². The van der Waals surface area contributed by atoms with Gasteiger partial charge in [-0.25, -0.2) is 4.39 Å². The zero-order chi connectivity index (χ0) is 16.3. The predicted octanol–water partition coefficient (Wildman–Crippen LogP) is 5.24. The van der Waals surface area contributed by atoms with Crippen LogP contribution in [0.5, 0.6) is 0 Å². The molecule has 2 nitrogen and oxygen atoms in total. The van der Waals surface area contributed by atoms with E-state index in [1.54, 1.807) is 19.1 Å². The maximum Gasteiger partial charge on any atom is 0.160 e. The highest BCUT2D eigenvalue weighted by atomic mass is 19.1. The summed E-state index contributed by atoms with van der Waals surface area (Å²) in [6, 6.07) is 4.90. The number of Topliss-reactive ketones (excluding diaryl/α,β-unsaturated/α-hetero) is 1. The Morgan fingerprint density at radius 3 is 2.77 bits per heavy atom. The summed E-state index contributed by atoms with van der Waals surface area (Å²) >= 11 is 0. The molecule has 1 aliphatic carbocycles. The van der Waals surface area contributed by atoms with Crippen LogP contribution in [0.25, 0.3) is 0 Å². The fraction of sp³-hybridized carbons (Fsp3) is 0.526. The van der Waals surface area contributed by atoms with E-state index in [9.17, 15) is 9.18 Å². The van der Waals surface area contributed by atoms with Crippen LogP contribution in [0.1, 0.15) is 52.0 Å². The summed E-state index contributed by atoms with van der Waals surface area (Å²) in [5.74, 6) is 0.560. The zero-order valence-corrected chi connectivity index (χ0v) is 14.0. The number of aryl methyl sites for hydroxylation is 1. The molecule has 1 atom stereocenters. The number of carbonyl (C=O) groups excluding carboxylic acids is 1. The van der Waals surface area contributed by atoms with E-state index in [1.807, 2.05) is 6.20 Å². The van der Waals surface area contributed by atoms with Gasteiger partial charge in [0.25, 0.3) is 0 Å². The molecule has 2 rings (SSSR count). The molecule has 0 aliphatic heterocycles. The van der Waals surface area contributed by atoms with E-state index >= 15 is 0 Å². The quantitative estimate of drug-likeness (QED) is 0.771. The van der Waals surface area contributed by atoms with Crippen LogP contribution >= 0.6 is 0 Å². The van der Waals surface area contributed by atoms with Crippen molar-refractivity contribution in [3.8, 4) is 0 Å². The molecule has 0 radical (unpaired) electrons. The maximum absolute atomic E-state index is 13.3. The number of anilines is 1. The Labute approximate surface area is 132 Å². The number of halogens is 1. The Hall–Kier alpha value is -1.64. The van der Waals surface area contributed by atoms with Crippen LogP contribution in [-0.4, -0.2) is 5.78 Å². The summed E-state index contributed by atoms with van der Waals surface area (Å²) in [5.41, 5.74) is 2.53. The monoisotopic (exact) mass is 303 g/mol. The SMILES string of the molecule is CCC(C)(C)[C@H]1CCC(=O)/C(=C/Nc2ccc(F)c(C)c2)C1. The molecule has 3 heteroatoms. The largest absolute Gasteiger partial charge is 0.361 e. The van der Waals surface area contributed by atoms with Gasteiger partial charge in [0.05, 0.1) is 0 Å². The average Bonchev–Trinajstić information content (AvgIpc) is 2.49. The third-order valence-electron chi connectivity index (χ3n) is 5.13. The average molecular weight is 303 g/mol. The number of allylic oxidation sites excluding steroid dienone is 1. The Morgan fingerprint density at radius 2 is 2.14 bits per heavy atom. The molecule has 0 saturated heterocycles. The molecule has 1 aromatic rings. The van der Waals surface area contributed by atoms with Crippen molar-refractivity contribution in [2.45, 2.75) is 53.4 Å². The van der Waals surface area contributed by atoms with Gasteiger partial charge < -0.3 is 5.32 Å². The lowest BCUT2D eigenvalue weighted by atomic mass is 9.68. The summed E-state index contributed by atoms with van der Waals surface area (Å²) in [5, 5.41) is 3.15.